The zero-order valence-electron chi connectivity index (χ0n) is 12.8. The van der Waals surface area contributed by atoms with E-state index in [1.807, 2.05) is 61.5 Å². The van der Waals surface area contributed by atoms with E-state index < -0.39 is 0 Å². The van der Waals surface area contributed by atoms with E-state index in [-0.39, 0.29) is 18.3 Å². The van der Waals surface area contributed by atoms with Crippen molar-refractivity contribution in [3.8, 4) is 5.75 Å². The third kappa shape index (κ3) is 3.80. The van der Waals surface area contributed by atoms with Crippen LogP contribution in [0.25, 0.3) is 0 Å². The molecular formula is C19H17NO3. The Balaban J connectivity index is 1.62. The normalized spacial score (nSPS) is 10.3. The van der Waals surface area contributed by atoms with Gasteiger partial charge in [0.2, 0.25) is 0 Å². The molecule has 0 bridgehead atoms. The highest BCUT2D eigenvalue weighted by molar-refractivity contribution is 6.02. The first-order valence-corrected chi connectivity index (χ1v) is 7.36. The Morgan fingerprint density at radius 3 is 2.52 bits per heavy atom. The van der Waals surface area contributed by atoms with Crippen molar-refractivity contribution in [3.05, 3.63) is 83.8 Å². The number of aryl methyl sites for hydroxylation is 1. The first-order chi connectivity index (χ1) is 11.2. The van der Waals surface area contributed by atoms with Crippen molar-refractivity contribution < 1.29 is 13.9 Å². The van der Waals surface area contributed by atoms with Crippen molar-refractivity contribution >= 4 is 11.6 Å². The summed E-state index contributed by atoms with van der Waals surface area (Å²) in [4.78, 5) is 12.2. The Morgan fingerprint density at radius 1 is 1.00 bits per heavy atom. The molecule has 4 nitrogen and oxygen atoms in total. The summed E-state index contributed by atoms with van der Waals surface area (Å²) in [6, 6.07) is 20.5. The third-order valence-corrected chi connectivity index (χ3v) is 3.40. The minimum atomic E-state index is -0.273. The molecule has 4 heteroatoms. The van der Waals surface area contributed by atoms with E-state index in [9.17, 15) is 4.79 Å². The van der Waals surface area contributed by atoms with Gasteiger partial charge in [-0.3, -0.25) is 4.79 Å². The van der Waals surface area contributed by atoms with Gasteiger partial charge in [-0.05, 0) is 42.8 Å². The number of para-hydroxylation sites is 2. The smallest absolute Gasteiger partial charge is 0.291 e. The average molecular weight is 307 g/mol. The average Bonchev–Trinajstić information content (AvgIpc) is 3.05. The second-order valence-electron chi connectivity index (χ2n) is 5.14. The van der Waals surface area contributed by atoms with Gasteiger partial charge in [0.15, 0.2) is 5.76 Å². The molecule has 3 rings (SSSR count). The Bertz CT molecular complexity index is 793. The highest BCUT2D eigenvalue weighted by Gasteiger charge is 2.12. The largest absolute Gasteiger partial charge is 0.486 e. The number of amides is 1. The molecule has 23 heavy (non-hydrogen) atoms. The van der Waals surface area contributed by atoms with E-state index in [1.165, 1.54) is 0 Å². The molecule has 0 aliphatic heterocycles. The van der Waals surface area contributed by atoms with Crippen LogP contribution in [-0.2, 0) is 6.61 Å². The molecule has 1 amide bonds. The van der Waals surface area contributed by atoms with Crippen LogP contribution in [0.15, 0.2) is 71.1 Å². The third-order valence-electron chi connectivity index (χ3n) is 3.40. The first-order valence-electron chi connectivity index (χ1n) is 7.36. The molecule has 0 saturated carbocycles. The summed E-state index contributed by atoms with van der Waals surface area (Å²) in [6.45, 7) is 2.22. The van der Waals surface area contributed by atoms with Gasteiger partial charge in [0.05, 0.1) is 0 Å². The van der Waals surface area contributed by atoms with Crippen molar-refractivity contribution in [2.24, 2.45) is 0 Å². The number of furan rings is 1. The van der Waals surface area contributed by atoms with Crippen molar-refractivity contribution in [1.82, 2.24) is 0 Å². The number of ether oxygens (including phenoxy) is 1. The van der Waals surface area contributed by atoms with Gasteiger partial charge in [0, 0.05) is 5.69 Å². The van der Waals surface area contributed by atoms with Gasteiger partial charge >= 0.3 is 0 Å². The molecule has 0 radical (unpaired) electrons. The molecule has 0 saturated heterocycles. The molecule has 3 aromatic rings. The lowest BCUT2D eigenvalue weighted by Gasteiger charge is -2.06. The van der Waals surface area contributed by atoms with Crippen molar-refractivity contribution in [2.75, 3.05) is 5.32 Å². The molecule has 0 fully saturated rings. The summed E-state index contributed by atoms with van der Waals surface area (Å²) in [7, 11) is 0. The lowest BCUT2D eigenvalue weighted by Crippen LogP contribution is -2.11. The lowest BCUT2D eigenvalue weighted by atomic mass is 10.2. The van der Waals surface area contributed by atoms with Crippen LogP contribution in [0.4, 0.5) is 5.69 Å². The fourth-order valence-electron chi connectivity index (χ4n) is 2.15. The van der Waals surface area contributed by atoms with Crippen LogP contribution < -0.4 is 10.1 Å². The minimum absolute atomic E-state index is 0.264. The van der Waals surface area contributed by atoms with Crippen molar-refractivity contribution in [1.29, 1.82) is 0 Å². The standard InChI is InChI=1S/C19H17NO3/c1-14-7-5-6-10-17(14)20-19(21)18-12-11-16(23-18)13-22-15-8-3-2-4-9-15/h2-12H,13H2,1H3,(H,20,21). The fraction of sp³-hybridized carbons (Fsp3) is 0.105. The highest BCUT2D eigenvalue weighted by atomic mass is 16.5. The Labute approximate surface area is 134 Å². The zero-order valence-corrected chi connectivity index (χ0v) is 12.8. The summed E-state index contributed by atoms with van der Waals surface area (Å²) < 4.78 is 11.1. The molecule has 1 aromatic heterocycles. The van der Waals surface area contributed by atoms with Crippen LogP contribution in [0, 0.1) is 6.92 Å². The number of benzene rings is 2. The minimum Gasteiger partial charge on any atom is -0.486 e. The first kappa shape index (κ1) is 14.9. The van der Waals surface area contributed by atoms with Gasteiger partial charge in [-0.15, -0.1) is 0 Å². The number of rotatable bonds is 5. The van der Waals surface area contributed by atoms with Gasteiger partial charge in [-0.25, -0.2) is 0 Å². The molecular weight excluding hydrogens is 290 g/mol. The van der Waals surface area contributed by atoms with Gasteiger partial charge in [0.25, 0.3) is 5.91 Å². The van der Waals surface area contributed by atoms with E-state index >= 15 is 0 Å². The number of anilines is 1. The molecule has 0 unspecified atom stereocenters. The summed E-state index contributed by atoms with van der Waals surface area (Å²) in [5.74, 6) is 1.35. The van der Waals surface area contributed by atoms with E-state index in [0.717, 1.165) is 17.0 Å². The van der Waals surface area contributed by atoms with Gasteiger partial charge in [-0.2, -0.15) is 0 Å². The second kappa shape index (κ2) is 6.83. The summed E-state index contributed by atoms with van der Waals surface area (Å²) >= 11 is 0. The number of hydrogen-bond acceptors (Lipinski definition) is 3. The SMILES string of the molecule is Cc1ccccc1NC(=O)c1ccc(COc2ccccc2)o1. The van der Waals surface area contributed by atoms with E-state index in [4.69, 9.17) is 9.15 Å². The molecule has 1 N–H and O–H groups in total. The lowest BCUT2D eigenvalue weighted by molar-refractivity contribution is 0.0992. The Morgan fingerprint density at radius 2 is 1.74 bits per heavy atom. The van der Waals surface area contributed by atoms with Crippen LogP contribution in [0.5, 0.6) is 5.75 Å². The maximum atomic E-state index is 12.2. The van der Waals surface area contributed by atoms with Crippen LogP contribution in [0.3, 0.4) is 0 Å². The van der Waals surface area contributed by atoms with E-state index in [0.29, 0.717) is 5.76 Å². The van der Waals surface area contributed by atoms with Gasteiger partial charge in [-0.1, -0.05) is 36.4 Å². The van der Waals surface area contributed by atoms with E-state index in [1.54, 1.807) is 12.1 Å². The number of nitrogens with one attached hydrogen (secondary N) is 1. The monoisotopic (exact) mass is 307 g/mol. The quantitative estimate of drug-likeness (QED) is 0.759. The Kier molecular flexibility index (Phi) is 4.43. The molecule has 2 aromatic carbocycles. The predicted molar refractivity (Wildman–Crippen MR) is 88.6 cm³/mol. The predicted octanol–water partition coefficient (Wildman–Crippen LogP) is 4.42. The van der Waals surface area contributed by atoms with Gasteiger partial charge in [0.1, 0.15) is 18.1 Å². The number of carbonyl (C=O) groups is 1. The highest BCUT2D eigenvalue weighted by Crippen LogP contribution is 2.17. The van der Waals surface area contributed by atoms with Crippen molar-refractivity contribution in [2.45, 2.75) is 13.5 Å². The molecule has 0 aliphatic carbocycles. The summed E-state index contributed by atoms with van der Waals surface area (Å²) in [6.07, 6.45) is 0. The van der Waals surface area contributed by atoms with E-state index in [2.05, 4.69) is 5.32 Å². The van der Waals surface area contributed by atoms with Crippen LogP contribution in [0.1, 0.15) is 21.9 Å². The summed E-state index contributed by atoms with van der Waals surface area (Å²) in [5.41, 5.74) is 1.77. The van der Waals surface area contributed by atoms with Crippen LogP contribution in [-0.4, -0.2) is 5.91 Å². The Hall–Kier alpha value is -3.01. The molecule has 0 atom stereocenters. The zero-order chi connectivity index (χ0) is 16.1. The molecule has 0 aliphatic rings. The topological polar surface area (TPSA) is 51.5 Å². The summed E-state index contributed by atoms with van der Waals surface area (Å²) in [5, 5.41) is 2.84. The van der Waals surface area contributed by atoms with Crippen molar-refractivity contribution in [3.63, 3.8) is 0 Å². The fourth-order valence-corrected chi connectivity index (χ4v) is 2.15. The van der Waals surface area contributed by atoms with Gasteiger partial charge < -0.3 is 14.5 Å². The molecule has 1 heterocycles. The number of carbonyl (C=O) groups excluding carboxylic acids is 1. The van der Waals surface area contributed by atoms with Crippen LogP contribution in [0.2, 0.25) is 0 Å². The maximum absolute atomic E-state index is 12.2. The van der Waals surface area contributed by atoms with Crippen LogP contribution >= 0.6 is 0 Å². The second-order valence-corrected chi connectivity index (χ2v) is 5.14. The molecule has 116 valence electrons. The molecule has 0 spiro atoms. The maximum Gasteiger partial charge on any atom is 0.291 e. The number of hydrogen-bond donors (Lipinski definition) is 1.